The van der Waals surface area contributed by atoms with Gasteiger partial charge in [0.05, 0.1) is 0 Å². The van der Waals surface area contributed by atoms with E-state index in [4.69, 9.17) is 0 Å². The van der Waals surface area contributed by atoms with Crippen LogP contribution in [0.3, 0.4) is 0 Å². The molecule has 0 aromatic heterocycles. The minimum Gasteiger partial charge on any atom is -0.377 e. The number of hydrogen-bond donors (Lipinski definition) is 1. The molecule has 0 spiro atoms. The number of rotatable bonds is 3. The van der Waals surface area contributed by atoms with E-state index in [1.165, 1.54) is 29.8 Å². The minimum atomic E-state index is 0.572. The van der Waals surface area contributed by atoms with Crippen molar-refractivity contribution in [3.63, 3.8) is 0 Å². The Morgan fingerprint density at radius 2 is 2.00 bits per heavy atom. The first kappa shape index (κ1) is 13.7. The third-order valence-electron chi connectivity index (χ3n) is 4.80. The molecule has 3 nitrogen and oxygen atoms in total. The standard InChI is InChI=1S/C17H27N3/c1-12-5-8-15(9-17(12)19(3)4)20-11-16(14-6-7-14)18-10-13(20)2/h5,8-9,13-14,16,18H,6-7,10-11H2,1-4H3. The van der Waals surface area contributed by atoms with Crippen molar-refractivity contribution in [2.24, 2.45) is 5.92 Å². The van der Waals surface area contributed by atoms with E-state index in [1.807, 2.05) is 0 Å². The summed E-state index contributed by atoms with van der Waals surface area (Å²) in [6, 6.07) is 8.15. The van der Waals surface area contributed by atoms with Crippen molar-refractivity contribution in [2.75, 3.05) is 37.0 Å². The van der Waals surface area contributed by atoms with Gasteiger partial charge in [0.15, 0.2) is 0 Å². The summed E-state index contributed by atoms with van der Waals surface area (Å²) in [5.41, 5.74) is 4.05. The molecule has 1 aromatic carbocycles. The zero-order valence-corrected chi connectivity index (χ0v) is 13.2. The van der Waals surface area contributed by atoms with Crippen molar-refractivity contribution in [3.05, 3.63) is 23.8 Å². The van der Waals surface area contributed by atoms with Crippen molar-refractivity contribution < 1.29 is 0 Å². The van der Waals surface area contributed by atoms with Crippen molar-refractivity contribution in [1.82, 2.24) is 5.32 Å². The van der Waals surface area contributed by atoms with Crippen LogP contribution in [0, 0.1) is 12.8 Å². The Morgan fingerprint density at radius 1 is 1.25 bits per heavy atom. The molecule has 20 heavy (non-hydrogen) atoms. The maximum atomic E-state index is 3.73. The maximum absolute atomic E-state index is 3.73. The van der Waals surface area contributed by atoms with Crippen molar-refractivity contribution >= 4 is 11.4 Å². The molecule has 2 aliphatic rings. The summed E-state index contributed by atoms with van der Waals surface area (Å²) in [4.78, 5) is 4.80. The third-order valence-corrected chi connectivity index (χ3v) is 4.80. The molecule has 3 heteroatoms. The Kier molecular flexibility index (Phi) is 3.63. The average molecular weight is 273 g/mol. The van der Waals surface area contributed by atoms with Crippen LogP contribution in [0.25, 0.3) is 0 Å². The monoisotopic (exact) mass is 273 g/mol. The van der Waals surface area contributed by atoms with Crippen LogP contribution >= 0.6 is 0 Å². The topological polar surface area (TPSA) is 18.5 Å². The quantitative estimate of drug-likeness (QED) is 0.913. The van der Waals surface area contributed by atoms with Gasteiger partial charge in [0.25, 0.3) is 0 Å². The summed E-state index contributed by atoms with van der Waals surface area (Å²) < 4.78 is 0. The van der Waals surface area contributed by atoms with Gasteiger partial charge in [0.2, 0.25) is 0 Å². The summed E-state index contributed by atoms with van der Waals surface area (Å²) in [7, 11) is 4.25. The molecule has 1 N–H and O–H groups in total. The van der Waals surface area contributed by atoms with Crippen LogP contribution < -0.4 is 15.1 Å². The highest BCUT2D eigenvalue weighted by Gasteiger charge is 2.36. The average Bonchev–Trinajstić information content (AvgIpc) is 3.24. The van der Waals surface area contributed by atoms with Crippen molar-refractivity contribution in [2.45, 2.75) is 38.8 Å². The van der Waals surface area contributed by atoms with Gasteiger partial charge in [0, 0.05) is 50.6 Å². The fourth-order valence-electron chi connectivity index (χ4n) is 3.32. The van der Waals surface area contributed by atoms with Gasteiger partial charge in [-0.05, 0) is 50.3 Å². The van der Waals surface area contributed by atoms with Crippen molar-refractivity contribution in [1.29, 1.82) is 0 Å². The molecular formula is C17H27N3. The smallest absolute Gasteiger partial charge is 0.0411 e. The number of aryl methyl sites for hydroxylation is 1. The summed E-state index contributed by atoms with van der Waals surface area (Å²) in [6.45, 7) is 6.77. The van der Waals surface area contributed by atoms with E-state index in [0.717, 1.165) is 19.0 Å². The van der Waals surface area contributed by atoms with E-state index in [9.17, 15) is 0 Å². The molecule has 1 aliphatic heterocycles. The Balaban J connectivity index is 1.84. The number of nitrogens with zero attached hydrogens (tertiary/aromatic N) is 2. The highest BCUT2D eigenvalue weighted by atomic mass is 15.2. The first-order chi connectivity index (χ1) is 9.56. The normalized spacial score (nSPS) is 26.7. The minimum absolute atomic E-state index is 0.572. The molecule has 0 radical (unpaired) electrons. The zero-order chi connectivity index (χ0) is 14.3. The fourth-order valence-corrected chi connectivity index (χ4v) is 3.32. The number of piperazine rings is 1. The molecular weight excluding hydrogens is 246 g/mol. The fraction of sp³-hybridized carbons (Fsp3) is 0.647. The van der Waals surface area contributed by atoms with Crippen LogP contribution in [-0.2, 0) is 0 Å². The predicted octanol–water partition coefficient (Wildman–Crippen LogP) is 2.64. The molecule has 3 rings (SSSR count). The van der Waals surface area contributed by atoms with Crippen LogP contribution in [-0.4, -0.2) is 39.3 Å². The Hall–Kier alpha value is -1.22. The predicted molar refractivity (Wildman–Crippen MR) is 86.8 cm³/mol. The van der Waals surface area contributed by atoms with Crippen LogP contribution in [0.2, 0.25) is 0 Å². The second-order valence-electron chi connectivity index (χ2n) is 6.72. The lowest BCUT2D eigenvalue weighted by Gasteiger charge is -2.41. The highest BCUT2D eigenvalue weighted by molar-refractivity contribution is 5.63. The van der Waals surface area contributed by atoms with E-state index >= 15 is 0 Å². The molecule has 1 saturated heterocycles. The molecule has 1 aliphatic carbocycles. The summed E-state index contributed by atoms with van der Waals surface area (Å²) in [5, 5.41) is 3.73. The molecule has 110 valence electrons. The van der Waals surface area contributed by atoms with Crippen LogP contribution in [0.1, 0.15) is 25.3 Å². The number of anilines is 2. The van der Waals surface area contributed by atoms with Crippen molar-refractivity contribution in [3.8, 4) is 0 Å². The molecule has 2 unspecified atom stereocenters. The number of benzene rings is 1. The highest BCUT2D eigenvalue weighted by Crippen LogP contribution is 2.36. The molecule has 0 amide bonds. The van der Waals surface area contributed by atoms with Gasteiger partial charge in [-0.1, -0.05) is 6.07 Å². The SMILES string of the molecule is Cc1ccc(N2CC(C3CC3)NCC2C)cc1N(C)C. The van der Waals surface area contributed by atoms with Crippen LogP contribution in [0.4, 0.5) is 11.4 Å². The Morgan fingerprint density at radius 3 is 2.65 bits per heavy atom. The van der Waals surface area contributed by atoms with E-state index in [1.54, 1.807) is 0 Å². The van der Waals surface area contributed by atoms with Gasteiger partial charge in [-0.2, -0.15) is 0 Å². The molecule has 2 fully saturated rings. The first-order valence-corrected chi connectivity index (χ1v) is 7.84. The molecule has 2 atom stereocenters. The van der Waals surface area contributed by atoms with Gasteiger partial charge in [-0.3, -0.25) is 0 Å². The molecule has 1 heterocycles. The van der Waals surface area contributed by atoms with Gasteiger partial charge in [-0.25, -0.2) is 0 Å². The molecule has 1 aromatic rings. The molecule has 0 bridgehead atoms. The van der Waals surface area contributed by atoms with Crippen LogP contribution in [0.15, 0.2) is 18.2 Å². The van der Waals surface area contributed by atoms with Gasteiger partial charge in [-0.15, -0.1) is 0 Å². The molecule has 1 saturated carbocycles. The summed E-state index contributed by atoms with van der Waals surface area (Å²) >= 11 is 0. The Labute approximate surface area is 123 Å². The van der Waals surface area contributed by atoms with E-state index < -0.39 is 0 Å². The lowest BCUT2D eigenvalue weighted by atomic mass is 10.0. The van der Waals surface area contributed by atoms with E-state index in [-0.39, 0.29) is 0 Å². The third kappa shape index (κ3) is 2.64. The Bertz CT molecular complexity index is 479. The largest absolute Gasteiger partial charge is 0.377 e. The number of nitrogens with one attached hydrogen (secondary N) is 1. The van der Waals surface area contributed by atoms with E-state index in [2.05, 4.69) is 61.3 Å². The van der Waals surface area contributed by atoms with E-state index in [0.29, 0.717) is 12.1 Å². The number of hydrogen-bond acceptors (Lipinski definition) is 3. The van der Waals surface area contributed by atoms with Gasteiger partial charge >= 0.3 is 0 Å². The second kappa shape index (κ2) is 5.28. The van der Waals surface area contributed by atoms with Gasteiger partial charge < -0.3 is 15.1 Å². The zero-order valence-electron chi connectivity index (χ0n) is 13.2. The second-order valence-corrected chi connectivity index (χ2v) is 6.72. The lowest BCUT2D eigenvalue weighted by molar-refractivity contribution is 0.376. The van der Waals surface area contributed by atoms with Gasteiger partial charge in [0.1, 0.15) is 0 Å². The summed E-state index contributed by atoms with van der Waals surface area (Å²) in [6.07, 6.45) is 2.83. The maximum Gasteiger partial charge on any atom is 0.0411 e. The first-order valence-electron chi connectivity index (χ1n) is 7.84. The van der Waals surface area contributed by atoms with Crippen LogP contribution in [0.5, 0.6) is 0 Å². The summed E-state index contributed by atoms with van der Waals surface area (Å²) in [5.74, 6) is 0.920. The lowest BCUT2D eigenvalue weighted by Crippen LogP contribution is -2.56.